The van der Waals surface area contributed by atoms with Gasteiger partial charge in [-0.15, -0.1) is 0 Å². The Kier molecular flexibility index (Phi) is 4.66. The highest BCUT2D eigenvalue weighted by atomic mass is 32.2. The van der Waals surface area contributed by atoms with Gasteiger partial charge >= 0.3 is 0 Å². The van der Waals surface area contributed by atoms with Crippen LogP contribution >= 0.6 is 0 Å². The molecule has 1 aromatic carbocycles. The van der Waals surface area contributed by atoms with Gasteiger partial charge in [-0.3, -0.25) is 4.98 Å². The van der Waals surface area contributed by atoms with Crippen molar-refractivity contribution in [2.75, 3.05) is 0 Å². The van der Waals surface area contributed by atoms with E-state index in [0.717, 1.165) is 5.56 Å². The molecule has 1 heterocycles. The third kappa shape index (κ3) is 3.63. The summed E-state index contributed by atoms with van der Waals surface area (Å²) in [6.07, 6.45) is 3.15. The van der Waals surface area contributed by atoms with Crippen molar-refractivity contribution in [2.45, 2.75) is 24.9 Å². The highest BCUT2D eigenvalue weighted by molar-refractivity contribution is 7.89. The van der Waals surface area contributed by atoms with Crippen LogP contribution in [0.2, 0.25) is 0 Å². The first kappa shape index (κ1) is 15.6. The Hall–Kier alpha value is -1.83. The van der Waals surface area contributed by atoms with Crippen molar-refractivity contribution >= 4 is 10.0 Å². The Morgan fingerprint density at radius 1 is 1.24 bits per heavy atom. The van der Waals surface area contributed by atoms with Crippen molar-refractivity contribution in [2.24, 2.45) is 5.73 Å². The maximum Gasteiger partial charge on any atom is 0.241 e. The highest BCUT2D eigenvalue weighted by Gasteiger charge is 2.19. The van der Waals surface area contributed by atoms with Gasteiger partial charge in [-0.1, -0.05) is 0 Å². The largest absolute Gasteiger partial charge is 0.326 e. The van der Waals surface area contributed by atoms with Crippen molar-refractivity contribution in [1.29, 1.82) is 0 Å². The van der Waals surface area contributed by atoms with Gasteiger partial charge in [0, 0.05) is 31.0 Å². The third-order valence-corrected chi connectivity index (χ3v) is 4.62. The molecule has 0 fully saturated rings. The summed E-state index contributed by atoms with van der Waals surface area (Å²) in [4.78, 5) is 3.77. The lowest BCUT2D eigenvalue weighted by Crippen LogP contribution is -2.24. The van der Waals surface area contributed by atoms with E-state index in [1.165, 1.54) is 19.1 Å². The molecule has 2 rings (SSSR count). The van der Waals surface area contributed by atoms with Crippen LogP contribution in [0.1, 0.15) is 16.7 Å². The molecule has 0 bridgehead atoms. The van der Waals surface area contributed by atoms with Crippen LogP contribution in [0.15, 0.2) is 41.6 Å². The van der Waals surface area contributed by atoms with Crippen molar-refractivity contribution in [3.8, 4) is 0 Å². The Labute approximate surface area is 123 Å². The van der Waals surface area contributed by atoms with Gasteiger partial charge in [0.05, 0.1) is 4.90 Å². The van der Waals surface area contributed by atoms with Crippen LogP contribution in [-0.2, 0) is 23.1 Å². The summed E-state index contributed by atoms with van der Waals surface area (Å²) in [5, 5.41) is 0. The fourth-order valence-corrected chi connectivity index (χ4v) is 3.18. The van der Waals surface area contributed by atoms with Crippen LogP contribution in [0, 0.1) is 12.7 Å². The van der Waals surface area contributed by atoms with E-state index < -0.39 is 15.8 Å². The summed E-state index contributed by atoms with van der Waals surface area (Å²) in [6.45, 7) is 1.61. The molecular formula is C14H16FN3O2S. The number of benzene rings is 1. The molecule has 112 valence electrons. The van der Waals surface area contributed by atoms with E-state index in [2.05, 4.69) is 9.71 Å². The zero-order chi connectivity index (χ0) is 15.5. The Bertz CT molecular complexity index is 733. The predicted octanol–water partition coefficient (Wildman–Crippen LogP) is 1.47. The zero-order valence-electron chi connectivity index (χ0n) is 11.5. The van der Waals surface area contributed by atoms with Crippen LogP contribution in [-0.4, -0.2) is 13.4 Å². The molecule has 0 unspecified atom stereocenters. The second-order valence-corrected chi connectivity index (χ2v) is 6.32. The maximum atomic E-state index is 13.8. The number of hydrogen-bond donors (Lipinski definition) is 2. The molecule has 0 radical (unpaired) electrons. The lowest BCUT2D eigenvalue weighted by atomic mass is 10.1. The molecule has 7 heteroatoms. The van der Waals surface area contributed by atoms with Gasteiger partial charge in [-0.05, 0) is 42.3 Å². The maximum absolute atomic E-state index is 13.8. The monoisotopic (exact) mass is 309 g/mol. The molecule has 1 aromatic heterocycles. The molecule has 0 aliphatic carbocycles. The van der Waals surface area contributed by atoms with Crippen LogP contribution in [0.3, 0.4) is 0 Å². The molecule has 2 aromatic rings. The molecule has 0 amide bonds. The van der Waals surface area contributed by atoms with Gasteiger partial charge in [-0.25, -0.2) is 17.5 Å². The van der Waals surface area contributed by atoms with E-state index >= 15 is 0 Å². The molecule has 0 aliphatic rings. The summed E-state index contributed by atoms with van der Waals surface area (Å²) in [6, 6.07) is 6.04. The molecule has 3 N–H and O–H groups in total. The molecule has 5 nitrogen and oxygen atoms in total. The normalized spacial score (nSPS) is 11.6. The third-order valence-electron chi connectivity index (χ3n) is 3.10. The molecule has 0 atom stereocenters. The average Bonchev–Trinajstić information content (AvgIpc) is 2.48. The van der Waals surface area contributed by atoms with Crippen molar-refractivity contribution < 1.29 is 12.8 Å². The van der Waals surface area contributed by atoms with Gasteiger partial charge in [0.25, 0.3) is 0 Å². The van der Waals surface area contributed by atoms with Gasteiger partial charge in [0.15, 0.2) is 0 Å². The SMILES string of the molecule is Cc1c(F)cc(CN)cc1S(=O)(=O)NCc1ccncc1. The number of nitrogens with one attached hydrogen (secondary N) is 1. The fraction of sp³-hybridized carbons (Fsp3) is 0.214. The number of hydrogen-bond acceptors (Lipinski definition) is 4. The summed E-state index contributed by atoms with van der Waals surface area (Å²) in [5.74, 6) is -0.581. The number of nitrogens with two attached hydrogens (primary N) is 1. The van der Waals surface area contributed by atoms with Crippen LogP contribution < -0.4 is 10.5 Å². The highest BCUT2D eigenvalue weighted by Crippen LogP contribution is 2.20. The second kappa shape index (κ2) is 6.30. The molecule has 0 aliphatic heterocycles. The minimum absolute atomic E-state index is 0.0735. The topological polar surface area (TPSA) is 85.1 Å². The van der Waals surface area contributed by atoms with Crippen LogP contribution in [0.5, 0.6) is 0 Å². The van der Waals surface area contributed by atoms with E-state index in [0.29, 0.717) is 5.56 Å². The van der Waals surface area contributed by atoms with Gasteiger partial charge in [-0.2, -0.15) is 0 Å². The number of aromatic nitrogens is 1. The van der Waals surface area contributed by atoms with Gasteiger partial charge in [0.2, 0.25) is 10.0 Å². The number of halogens is 1. The van der Waals surface area contributed by atoms with Gasteiger partial charge < -0.3 is 5.73 Å². The van der Waals surface area contributed by atoms with E-state index in [1.807, 2.05) is 0 Å². The first-order valence-corrected chi connectivity index (χ1v) is 7.80. The summed E-state index contributed by atoms with van der Waals surface area (Å²) in [5.41, 5.74) is 6.73. The van der Waals surface area contributed by atoms with Crippen LogP contribution in [0.4, 0.5) is 4.39 Å². The van der Waals surface area contributed by atoms with Crippen molar-refractivity contribution in [1.82, 2.24) is 9.71 Å². The summed E-state index contributed by atoms with van der Waals surface area (Å²) in [7, 11) is -3.81. The summed E-state index contributed by atoms with van der Waals surface area (Å²) < 4.78 is 40.8. The Morgan fingerprint density at radius 2 is 1.90 bits per heavy atom. The smallest absolute Gasteiger partial charge is 0.241 e. The second-order valence-electron chi connectivity index (χ2n) is 4.58. The molecule has 0 saturated carbocycles. The minimum Gasteiger partial charge on any atom is -0.326 e. The standard InChI is InChI=1S/C14H16FN3O2S/c1-10-13(15)6-12(8-16)7-14(10)21(19,20)18-9-11-2-4-17-5-3-11/h2-7,18H,8-9,16H2,1H3. The average molecular weight is 309 g/mol. The molecular weight excluding hydrogens is 293 g/mol. The first-order chi connectivity index (χ1) is 9.94. The number of pyridine rings is 1. The lowest BCUT2D eigenvalue weighted by Gasteiger charge is -2.11. The first-order valence-electron chi connectivity index (χ1n) is 6.31. The van der Waals surface area contributed by atoms with Crippen molar-refractivity contribution in [3.05, 3.63) is 59.2 Å². The number of nitrogens with zero attached hydrogens (tertiary/aromatic N) is 1. The summed E-state index contributed by atoms with van der Waals surface area (Å²) >= 11 is 0. The van der Waals surface area contributed by atoms with Gasteiger partial charge in [0.1, 0.15) is 5.82 Å². The predicted molar refractivity (Wildman–Crippen MR) is 77.3 cm³/mol. The lowest BCUT2D eigenvalue weighted by molar-refractivity contribution is 0.573. The number of rotatable bonds is 5. The van der Waals surface area contributed by atoms with E-state index in [4.69, 9.17) is 5.73 Å². The number of sulfonamides is 1. The molecule has 21 heavy (non-hydrogen) atoms. The Balaban J connectivity index is 2.29. The van der Waals surface area contributed by atoms with E-state index in [-0.39, 0.29) is 23.5 Å². The van der Waals surface area contributed by atoms with Crippen molar-refractivity contribution in [3.63, 3.8) is 0 Å². The quantitative estimate of drug-likeness (QED) is 0.876. The zero-order valence-corrected chi connectivity index (χ0v) is 12.3. The molecule has 0 spiro atoms. The molecule has 0 saturated heterocycles. The van der Waals surface area contributed by atoms with E-state index in [9.17, 15) is 12.8 Å². The fourth-order valence-electron chi connectivity index (χ4n) is 1.86. The Morgan fingerprint density at radius 3 is 2.52 bits per heavy atom. The minimum atomic E-state index is -3.81. The van der Waals surface area contributed by atoms with Crippen LogP contribution in [0.25, 0.3) is 0 Å². The van der Waals surface area contributed by atoms with E-state index in [1.54, 1.807) is 24.5 Å².